The molecule has 0 aliphatic heterocycles. The average Bonchev–Trinajstić information content (AvgIpc) is 2.47. The highest BCUT2D eigenvalue weighted by Crippen LogP contribution is 2.18. The number of ether oxygens (including phenoxy) is 1. The molecule has 0 aromatic heterocycles. The first-order valence-corrected chi connectivity index (χ1v) is 6.82. The molecule has 0 bridgehead atoms. The number of anilines is 1. The second-order valence-corrected chi connectivity index (χ2v) is 4.70. The van der Waals surface area contributed by atoms with E-state index in [1.807, 2.05) is 18.2 Å². The van der Waals surface area contributed by atoms with E-state index in [0.29, 0.717) is 0 Å². The van der Waals surface area contributed by atoms with Gasteiger partial charge in [-0.3, -0.25) is 0 Å². The van der Waals surface area contributed by atoms with Crippen LogP contribution in [0.4, 0.5) is 5.69 Å². The molecule has 1 atom stereocenters. The van der Waals surface area contributed by atoms with Crippen LogP contribution in [-0.2, 0) is 6.54 Å². The Hall–Kier alpha value is -1.96. The van der Waals surface area contributed by atoms with Crippen LogP contribution < -0.4 is 10.1 Å². The lowest BCUT2D eigenvalue weighted by atomic mass is 10.2. The molecule has 2 aromatic carbocycles. The van der Waals surface area contributed by atoms with Gasteiger partial charge < -0.3 is 10.1 Å². The monoisotopic (exact) mass is 255 g/mol. The van der Waals surface area contributed by atoms with E-state index in [1.165, 1.54) is 5.56 Å². The minimum absolute atomic E-state index is 0.267. The fourth-order valence-electron chi connectivity index (χ4n) is 1.77. The Morgan fingerprint density at radius 2 is 1.68 bits per heavy atom. The van der Waals surface area contributed by atoms with E-state index in [1.54, 1.807) is 0 Å². The lowest BCUT2D eigenvalue weighted by molar-refractivity contribution is 0.217. The van der Waals surface area contributed by atoms with Gasteiger partial charge in [-0.25, -0.2) is 0 Å². The summed E-state index contributed by atoms with van der Waals surface area (Å²) in [4.78, 5) is 0. The molecule has 2 rings (SSSR count). The van der Waals surface area contributed by atoms with Gasteiger partial charge in [0.1, 0.15) is 5.75 Å². The summed E-state index contributed by atoms with van der Waals surface area (Å²) in [5, 5.41) is 3.40. The van der Waals surface area contributed by atoms with Crippen LogP contribution in [0.25, 0.3) is 0 Å². The highest BCUT2D eigenvalue weighted by molar-refractivity contribution is 5.46. The van der Waals surface area contributed by atoms with Crippen LogP contribution in [0, 0.1) is 0 Å². The maximum absolute atomic E-state index is 5.75. The number of rotatable bonds is 6. The Morgan fingerprint density at radius 3 is 2.32 bits per heavy atom. The highest BCUT2D eigenvalue weighted by atomic mass is 16.5. The Bertz CT molecular complexity index is 478. The lowest BCUT2D eigenvalue weighted by Crippen LogP contribution is -2.09. The normalized spacial score (nSPS) is 11.9. The Kier molecular flexibility index (Phi) is 4.85. The van der Waals surface area contributed by atoms with Gasteiger partial charge in [0, 0.05) is 12.2 Å². The van der Waals surface area contributed by atoms with E-state index in [2.05, 4.69) is 55.6 Å². The van der Waals surface area contributed by atoms with Crippen molar-refractivity contribution in [1.82, 2.24) is 0 Å². The van der Waals surface area contributed by atoms with Crippen LogP contribution in [0.5, 0.6) is 5.75 Å². The zero-order chi connectivity index (χ0) is 13.5. The molecule has 0 saturated carbocycles. The van der Waals surface area contributed by atoms with Crippen molar-refractivity contribution in [1.29, 1.82) is 0 Å². The molecular formula is C17H21NO. The third-order valence-electron chi connectivity index (χ3n) is 3.11. The van der Waals surface area contributed by atoms with Gasteiger partial charge >= 0.3 is 0 Å². The minimum Gasteiger partial charge on any atom is -0.491 e. The van der Waals surface area contributed by atoms with E-state index in [0.717, 1.165) is 24.4 Å². The molecule has 1 N–H and O–H groups in total. The molecule has 0 fully saturated rings. The van der Waals surface area contributed by atoms with Crippen molar-refractivity contribution < 1.29 is 4.74 Å². The summed E-state index contributed by atoms with van der Waals surface area (Å²) >= 11 is 0. The van der Waals surface area contributed by atoms with Crippen molar-refractivity contribution >= 4 is 5.69 Å². The molecular weight excluding hydrogens is 234 g/mol. The van der Waals surface area contributed by atoms with Gasteiger partial charge in [-0.1, -0.05) is 37.3 Å². The van der Waals surface area contributed by atoms with Crippen LogP contribution in [-0.4, -0.2) is 6.10 Å². The van der Waals surface area contributed by atoms with E-state index in [9.17, 15) is 0 Å². The summed E-state index contributed by atoms with van der Waals surface area (Å²) in [7, 11) is 0. The van der Waals surface area contributed by atoms with E-state index in [-0.39, 0.29) is 6.10 Å². The molecule has 1 unspecified atom stereocenters. The summed E-state index contributed by atoms with van der Waals surface area (Å²) in [5.74, 6) is 0.930. The fourth-order valence-corrected chi connectivity index (χ4v) is 1.77. The van der Waals surface area contributed by atoms with Crippen LogP contribution >= 0.6 is 0 Å². The third kappa shape index (κ3) is 4.32. The SMILES string of the molecule is CCC(C)Oc1ccc(NCc2ccccc2)cc1. The molecule has 0 saturated heterocycles. The second-order valence-electron chi connectivity index (χ2n) is 4.70. The fraction of sp³-hybridized carbons (Fsp3) is 0.294. The van der Waals surface area contributed by atoms with E-state index < -0.39 is 0 Å². The summed E-state index contributed by atoms with van der Waals surface area (Å²) in [6.07, 6.45) is 1.29. The quantitative estimate of drug-likeness (QED) is 0.822. The maximum Gasteiger partial charge on any atom is 0.119 e. The Labute approximate surface area is 115 Å². The zero-order valence-electron chi connectivity index (χ0n) is 11.6. The number of nitrogens with one attached hydrogen (secondary N) is 1. The Balaban J connectivity index is 1.88. The van der Waals surface area contributed by atoms with Gasteiger partial charge in [-0.05, 0) is 43.2 Å². The van der Waals surface area contributed by atoms with Crippen LogP contribution in [0.3, 0.4) is 0 Å². The molecule has 2 aromatic rings. The molecule has 19 heavy (non-hydrogen) atoms. The van der Waals surface area contributed by atoms with Crippen molar-refractivity contribution in [3.8, 4) is 5.75 Å². The van der Waals surface area contributed by atoms with Gasteiger partial charge in [0.2, 0.25) is 0 Å². The van der Waals surface area contributed by atoms with Gasteiger partial charge in [-0.15, -0.1) is 0 Å². The van der Waals surface area contributed by atoms with Crippen molar-refractivity contribution in [3.63, 3.8) is 0 Å². The van der Waals surface area contributed by atoms with Gasteiger partial charge in [0.15, 0.2) is 0 Å². The molecule has 0 aliphatic rings. The van der Waals surface area contributed by atoms with E-state index in [4.69, 9.17) is 4.74 Å². The smallest absolute Gasteiger partial charge is 0.119 e. The van der Waals surface area contributed by atoms with Gasteiger partial charge in [-0.2, -0.15) is 0 Å². The first-order valence-electron chi connectivity index (χ1n) is 6.82. The second kappa shape index (κ2) is 6.83. The summed E-state index contributed by atoms with van der Waals surface area (Å²) in [6, 6.07) is 18.5. The molecule has 2 nitrogen and oxygen atoms in total. The molecule has 0 radical (unpaired) electrons. The molecule has 0 spiro atoms. The highest BCUT2D eigenvalue weighted by Gasteiger charge is 2.00. The topological polar surface area (TPSA) is 21.3 Å². The van der Waals surface area contributed by atoms with Crippen molar-refractivity contribution in [3.05, 3.63) is 60.2 Å². The van der Waals surface area contributed by atoms with Gasteiger partial charge in [0.25, 0.3) is 0 Å². The molecule has 100 valence electrons. The summed E-state index contributed by atoms with van der Waals surface area (Å²) in [5.41, 5.74) is 2.39. The predicted octanol–water partition coefficient (Wildman–Crippen LogP) is 4.48. The first-order chi connectivity index (χ1) is 9.28. The standard InChI is InChI=1S/C17H21NO/c1-3-14(2)19-17-11-9-16(10-12-17)18-13-15-7-5-4-6-8-15/h4-12,14,18H,3,13H2,1-2H3. The minimum atomic E-state index is 0.267. The molecule has 0 amide bonds. The average molecular weight is 255 g/mol. The van der Waals surface area contributed by atoms with Crippen LogP contribution in [0.1, 0.15) is 25.8 Å². The van der Waals surface area contributed by atoms with Crippen molar-refractivity contribution in [2.75, 3.05) is 5.32 Å². The predicted molar refractivity (Wildman–Crippen MR) is 80.6 cm³/mol. The molecule has 2 heteroatoms. The zero-order valence-corrected chi connectivity index (χ0v) is 11.6. The van der Waals surface area contributed by atoms with Crippen LogP contribution in [0.2, 0.25) is 0 Å². The lowest BCUT2D eigenvalue weighted by Gasteiger charge is -2.13. The Morgan fingerprint density at radius 1 is 1.00 bits per heavy atom. The molecule has 0 aliphatic carbocycles. The van der Waals surface area contributed by atoms with E-state index >= 15 is 0 Å². The summed E-state index contributed by atoms with van der Waals surface area (Å²) in [6.45, 7) is 5.05. The van der Waals surface area contributed by atoms with Crippen LogP contribution in [0.15, 0.2) is 54.6 Å². The van der Waals surface area contributed by atoms with Gasteiger partial charge in [0.05, 0.1) is 6.10 Å². The maximum atomic E-state index is 5.75. The largest absolute Gasteiger partial charge is 0.491 e. The first kappa shape index (κ1) is 13.5. The molecule has 0 heterocycles. The third-order valence-corrected chi connectivity index (χ3v) is 3.11. The van der Waals surface area contributed by atoms with Crippen molar-refractivity contribution in [2.24, 2.45) is 0 Å². The number of hydrogen-bond donors (Lipinski definition) is 1. The number of benzene rings is 2. The summed E-state index contributed by atoms with van der Waals surface area (Å²) < 4.78 is 5.75. The number of hydrogen-bond acceptors (Lipinski definition) is 2. The van der Waals surface area contributed by atoms with Crippen molar-refractivity contribution in [2.45, 2.75) is 32.9 Å².